The number of nitrogens with zero attached hydrogens (tertiary/aromatic N) is 1. The fourth-order valence-electron chi connectivity index (χ4n) is 1.81. The van der Waals surface area contributed by atoms with Crippen LogP contribution in [0.5, 0.6) is 0 Å². The minimum atomic E-state index is 0.0486. The summed E-state index contributed by atoms with van der Waals surface area (Å²) in [5.41, 5.74) is 0.628. The van der Waals surface area contributed by atoms with Crippen LogP contribution in [0.4, 0.5) is 0 Å². The van der Waals surface area contributed by atoms with Crippen LogP contribution < -0.4 is 0 Å². The molecule has 1 N–H and O–H groups in total. The van der Waals surface area contributed by atoms with Crippen LogP contribution in [0.3, 0.4) is 0 Å². The Labute approximate surface area is 103 Å². The first kappa shape index (κ1) is 11.7. The van der Waals surface area contributed by atoms with Gasteiger partial charge in [-0.25, -0.2) is 0 Å². The Hall–Kier alpha value is -0.810. The smallest absolute Gasteiger partial charge is 0.270 e. The van der Waals surface area contributed by atoms with Gasteiger partial charge in [-0.15, -0.1) is 0 Å². The van der Waals surface area contributed by atoms with Crippen molar-refractivity contribution >= 4 is 21.8 Å². The van der Waals surface area contributed by atoms with Gasteiger partial charge in [0.2, 0.25) is 0 Å². The van der Waals surface area contributed by atoms with Crippen molar-refractivity contribution in [2.24, 2.45) is 0 Å². The zero-order valence-electron chi connectivity index (χ0n) is 9.20. The summed E-state index contributed by atoms with van der Waals surface area (Å²) in [7, 11) is 0. The molecule has 1 aliphatic rings. The Morgan fingerprint density at radius 3 is 3.19 bits per heavy atom. The van der Waals surface area contributed by atoms with Gasteiger partial charge in [0.05, 0.1) is 12.7 Å². The number of rotatable bonds is 2. The lowest BCUT2D eigenvalue weighted by Crippen LogP contribution is -2.45. The van der Waals surface area contributed by atoms with E-state index in [0.29, 0.717) is 25.4 Å². The summed E-state index contributed by atoms with van der Waals surface area (Å²) in [4.78, 5) is 16.9. The molecule has 0 radical (unpaired) electrons. The monoisotopic (exact) mass is 286 g/mol. The number of hydrogen-bond acceptors (Lipinski definition) is 2. The lowest BCUT2D eigenvalue weighted by molar-refractivity contribution is -0.0227. The zero-order chi connectivity index (χ0) is 11.5. The molecule has 1 amide bonds. The molecule has 16 heavy (non-hydrogen) atoms. The summed E-state index contributed by atoms with van der Waals surface area (Å²) in [6, 6.07) is 1.80. The third-order valence-corrected chi connectivity index (χ3v) is 3.22. The summed E-state index contributed by atoms with van der Waals surface area (Å²) >= 11 is 3.32. The van der Waals surface area contributed by atoms with Gasteiger partial charge >= 0.3 is 0 Å². The number of aromatic nitrogens is 1. The molecule has 88 valence electrons. The molecule has 0 saturated carbocycles. The highest BCUT2D eigenvalue weighted by atomic mass is 79.9. The molecule has 0 spiro atoms. The van der Waals surface area contributed by atoms with Gasteiger partial charge in [0.25, 0.3) is 5.91 Å². The summed E-state index contributed by atoms with van der Waals surface area (Å²) < 4.78 is 6.43. The van der Waals surface area contributed by atoms with Gasteiger partial charge in [-0.1, -0.05) is 6.92 Å². The third-order valence-electron chi connectivity index (χ3n) is 2.76. The van der Waals surface area contributed by atoms with Gasteiger partial charge in [-0.05, 0) is 28.4 Å². The molecule has 1 fully saturated rings. The average molecular weight is 287 g/mol. The normalized spacial score (nSPS) is 21.1. The van der Waals surface area contributed by atoms with Gasteiger partial charge in [0.15, 0.2) is 0 Å². The van der Waals surface area contributed by atoms with Gasteiger partial charge in [-0.3, -0.25) is 4.79 Å². The number of H-pyrrole nitrogens is 1. The molecule has 1 aromatic rings. The molecule has 0 bridgehead atoms. The van der Waals surface area contributed by atoms with E-state index >= 15 is 0 Å². The van der Waals surface area contributed by atoms with Crippen molar-refractivity contribution in [2.45, 2.75) is 19.4 Å². The predicted molar refractivity (Wildman–Crippen MR) is 64.4 cm³/mol. The van der Waals surface area contributed by atoms with Crippen LogP contribution in [0, 0.1) is 0 Å². The summed E-state index contributed by atoms with van der Waals surface area (Å²) in [5.74, 6) is 0.0486. The number of carbonyl (C=O) groups excluding carboxylic acids is 1. The quantitative estimate of drug-likeness (QED) is 0.904. The number of amides is 1. The first-order valence-electron chi connectivity index (χ1n) is 5.45. The van der Waals surface area contributed by atoms with Crippen molar-refractivity contribution < 1.29 is 9.53 Å². The number of halogens is 1. The van der Waals surface area contributed by atoms with E-state index in [1.165, 1.54) is 0 Å². The second-order valence-corrected chi connectivity index (χ2v) is 4.80. The van der Waals surface area contributed by atoms with Crippen molar-refractivity contribution in [1.82, 2.24) is 9.88 Å². The molecule has 5 heteroatoms. The minimum absolute atomic E-state index is 0.0486. The molecule has 1 saturated heterocycles. The molecule has 1 unspecified atom stereocenters. The fraction of sp³-hybridized carbons (Fsp3) is 0.545. The number of ether oxygens (including phenoxy) is 1. The largest absolute Gasteiger partial charge is 0.375 e. The third kappa shape index (κ3) is 2.47. The second-order valence-electron chi connectivity index (χ2n) is 3.88. The van der Waals surface area contributed by atoms with Crippen LogP contribution in [0.1, 0.15) is 23.8 Å². The molecule has 4 nitrogen and oxygen atoms in total. The van der Waals surface area contributed by atoms with Crippen molar-refractivity contribution in [3.63, 3.8) is 0 Å². The molecular formula is C11H15BrN2O2. The maximum absolute atomic E-state index is 12.1. The standard InChI is InChI=1S/C11H15BrN2O2/c1-2-9-7-14(3-4-16-9)11(15)10-5-8(12)6-13-10/h5-6,9,13H,2-4,7H2,1H3. The second kappa shape index (κ2) is 5.01. The van der Waals surface area contributed by atoms with Crippen molar-refractivity contribution in [3.05, 3.63) is 22.4 Å². The molecule has 1 atom stereocenters. The number of aromatic amines is 1. The van der Waals surface area contributed by atoms with E-state index in [4.69, 9.17) is 4.74 Å². The minimum Gasteiger partial charge on any atom is -0.375 e. The van der Waals surface area contributed by atoms with Crippen LogP contribution in [0.25, 0.3) is 0 Å². The zero-order valence-corrected chi connectivity index (χ0v) is 10.8. The van der Waals surface area contributed by atoms with E-state index in [9.17, 15) is 4.79 Å². The van der Waals surface area contributed by atoms with E-state index in [0.717, 1.165) is 10.9 Å². The highest BCUT2D eigenvalue weighted by molar-refractivity contribution is 9.10. The van der Waals surface area contributed by atoms with Crippen LogP contribution in [-0.2, 0) is 4.74 Å². The van der Waals surface area contributed by atoms with Gasteiger partial charge < -0.3 is 14.6 Å². The van der Waals surface area contributed by atoms with E-state index in [-0.39, 0.29) is 12.0 Å². The molecule has 1 aromatic heterocycles. The van der Waals surface area contributed by atoms with Gasteiger partial charge in [-0.2, -0.15) is 0 Å². The Bertz CT molecular complexity index is 378. The first-order valence-corrected chi connectivity index (χ1v) is 6.24. The molecular weight excluding hydrogens is 272 g/mol. The van der Waals surface area contributed by atoms with Crippen molar-refractivity contribution in [1.29, 1.82) is 0 Å². The maximum Gasteiger partial charge on any atom is 0.270 e. The number of nitrogens with one attached hydrogen (secondary N) is 1. The highest BCUT2D eigenvalue weighted by Crippen LogP contribution is 2.15. The topological polar surface area (TPSA) is 45.3 Å². The molecule has 1 aliphatic heterocycles. The fourth-order valence-corrected chi connectivity index (χ4v) is 2.16. The Balaban J connectivity index is 2.04. The highest BCUT2D eigenvalue weighted by Gasteiger charge is 2.24. The van der Waals surface area contributed by atoms with Gasteiger partial charge in [0.1, 0.15) is 5.69 Å². The molecule has 0 aliphatic carbocycles. The van der Waals surface area contributed by atoms with Crippen molar-refractivity contribution in [2.75, 3.05) is 19.7 Å². The Morgan fingerprint density at radius 1 is 1.75 bits per heavy atom. The predicted octanol–water partition coefficient (Wildman–Crippen LogP) is 2.03. The summed E-state index contributed by atoms with van der Waals surface area (Å²) in [6.07, 6.45) is 2.89. The van der Waals surface area contributed by atoms with Crippen LogP contribution in [-0.4, -0.2) is 41.6 Å². The van der Waals surface area contributed by atoms with E-state index in [2.05, 4.69) is 27.8 Å². The summed E-state index contributed by atoms with van der Waals surface area (Å²) in [5, 5.41) is 0. The van der Waals surface area contributed by atoms with Crippen molar-refractivity contribution in [3.8, 4) is 0 Å². The number of carbonyl (C=O) groups is 1. The average Bonchev–Trinajstić information content (AvgIpc) is 2.75. The van der Waals surface area contributed by atoms with E-state index in [1.807, 2.05) is 4.90 Å². The van der Waals surface area contributed by atoms with E-state index < -0.39 is 0 Å². The van der Waals surface area contributed by atoms with Crippen LogP contribution in [0.2, 0.25) is 0 Å². The molecule has 2 heterocycles. The van der Waals surface area contributed by atoms with Gasteiger partial charge in [0, 0.05) is 23.8 Å². The lowest BCUT2D eigenvalue weighted by atomic mass is 10.2. The Morgan fingerprint density at radius 2 is 2.56 bits per heavy atom. The summed E-state index contributed by atoms with van der Waals surface area (Å²) in [6.45, 7) is 4.06. The molecule has 2 rings (SSSR count). The van der Waals surface area contributed by atoms with E-state index in [1.54, 1.807) is 12.3 Å². The SMILES string of the molecule is CCC1CN(C(=O)c2cc(Br)c[nH]2)CCO1. The molecule has 0 aromatic carbocycles. The number of hydrogen-bond donors (Lipinski definition) is 1. The first-order chi connectivity index (χ1) is 7.70. The lowest BCUT2D eigenvalue weighted by Gasteiger charge is -2.32. The van der Waals surface area contributed by atoms with Crippen LogP contribution in [0.15, 0.2) is 16.7 Å². The van der Waals surface area contributed by atoms with Crippen LogP contribution >= 0.6 is 15.9 Å². The number of morpholine rings is 1. The maximum atomic E-state index is 12.1. The Kier molecular flexibility index (Phi) is 3.66.